The lowest BCUT2D eigenvalue weighted by atomic mass is 10.3. The molecule has 0 aliphatic rings. The highest BCUT2D eigenvalue weighted by Crippen LogP contribution is 2.21. The molecule has 6 heteroatoms. The van der Waals surface area contributed by atoms with E-state index in [1.165, 1.54) is 11.8 Å². The molecular weight excluding hydrogens is 250 g/mol. The van der Waals surface area contributed by atoms with Crippen LogP contribution in [0, 0.1) is 0 Å². The van der Waals surface area contributed by atoms with Crippen molar-refractivity contribution in [2.24, 2.45) is 0 Å². The van der Waals surface area contributed by atoms with Crippen LogP contribution >= 0.6 is 11.8 Å². The van der Waals surface area contributed by atoms with E-state index in [9.17, 15) is 4.79 Å². The molecule has 94 valence electrons. The van der Waals surface area contributed by atoms with E-state index in [2.05, 4.69) is 10.2 Å². The molecular formula is C12H13N3O2S. The number of carboxylic acids is 1. The zero-order chi connectivity index (χ0) is 13.0. The third-order valence-corrected chi connectivity index (χ3v) is 3.27. The fourth-order valence-electron chi connectivity index (χ4n) is 1.59. The minimum absolute atomic E-state index is 0.0192. The maximum absolute atomic E-state index is 10.6. The number of aryl methyl sites for hydroxylation is 1. The van der Waals surface area contributed by atoms with Gasteiger partial charge in [0.15, 0.2) is 5.16 Å². The molecule has 18 heavy (non-hydrogen) atoms. The van der Waals surface area contributed by atoms with Crippen molar-refractivity contribution in [1.29, 1.82) is 0 Å². The van der Waals surface area contributed by atoms with E-state index in [1.54, 1.807) is 0 Å². The number of aromatic nitrogens is 3. The molecule has 0 saturated carbocycles. The predicted molar refractivity (Wildman–Crippen MR) is 69.1 cm³/mol. The van der Waals surface area contributed by atoms with Gasteiger partial charge < -0.3 is 5.11 Å². The fourth-order valence-corrected chi connectivity index (χ4v) is 2.28. The number of carboxylic acid groups (broad SMARTS) is 1. The Kier molecular flexibility index (Phi) is 3.99. The molecule has 0 aliphatic heterocycles. The first-order valence-corrected chi connectivity index (χ1v) is 6.55. The van der Waals surface area contributed by atoms with Crippen LogP contribution in [0.5, 0.6) is 0 Å². The SMILES string of the molecule is CCc1nnc(SCC(=O)O)n1-c1ccccc1. The molecule has 0 atom stereocenters. The topological polar surface area (TPSA) is 68.0 Å². The maximum Gasteiger partial charge on any atom is 0.313 e. The van der Waals surface area contributed by atoms with Crippen molar-refractivity contribution in [3.05, 3.63) is 36.2 Å². The summed E-state index contributed by atoms with van der Waals surface area (Å²) >= 11 is 1.18. The van der Waals surface area contributed by atoms with Crippen molar-refractivity contribution in [2.45, 2.75) is 18.5 Å². The molecule has 1 N–H and O–H groups in total. The third kappa shape index (κ3) is 2.70. The normalized spacial score (nSPS) is 10.5. The fraction of sp³-hybridized carbons (Fsp3) is 0.250. The van der Waals surface area contributed by atoms with Gasteiger partial charge in [0.1, 0.15) is 5.82 Å². The van der Waals surface area contributed by atoms with Crippen LogP contribution in [0.15, 0.2) is 35.5 Å². The van der Waals surface area contributed by atoms with E-state index < -0.39 is 5.97 Å². The van der Waals surface area contributed by atoms with Crippen molar-refractivity contribution in [2.75, 3.05) is 5.75 Å². The van der Waals surface area contributed by atoms with Crippen LogP contribution < -0.4 is 0 Å². The summed E-state index contributed by atoms with van der Waals surface area (Å²) in [6.45, 7) is 2.00. The minimum Gasteiger partial charge on any atom is -0.481 e. The molecule has 1 heterocycles. The van der Waals surface area contributed by atoms with Gasteiger partial charge in [0, 0.05) is 12.1 Å². The summed E-state index contributed by atoms with van der Waals surface area (Å²) in [7, 11) is 0. The monoisotopic (exact) mass is 263 g/mol. The maximum atomic E-state index is 10.6. The Morgan fingerprint density at radius 2 is 2.06 bits per heavy atom. The lowest BCUT2D eigenvalue weighted by Crippen LogP contribution is -2.04. The first-order chi connectivity index (χ1) is 8.72. The number of rotatable bonds is 5. The number of para-hydroxylation sites is 1. The van der Waals surface area contributed by atoms with Crippen molar-refractivity contribution >= 4 is 17.7 Å². The second-order valence-corrected chi connectivity index (χ2v) is 4.55. The molecule has 2 rings (SSSR count). The van der Waals surface area contributed by atoms with Crippen LogP contribution in [-0.2, 0) is 11.2 Å². The lowest BCUT2D eigenvalue weighted by molar-refractivity contribution is -0.133. The smallest absolute Gasteiger partial charge is 0.313 e. The molecule has 2 aromatic rings. The van der Waals surface area contributed by atoms with Gasteiger partial charge in [-0.25, -0.2) is 0 Å². The van der Waals surface area contributed by atoms with Crippen molar-refractivity contribution in [3.8, 4) is 5.69 Å². The van der Waals surface area contributed by atoms with E-state index in [-0.39, 0.29) is 5.75 Å². The summed E-state index contributed by atoms with van der Waals surface area (Å²) in [5.74, 6) is -0.0518. The highest BCUT2D eigenvalue weighted by atomic mass is 32.2. The van der Waals surface area contributed by atoms with Gasteiger partial charge in [-0.15, -0.1) is 10.2 Å². The molecule has 0 aliphatic carbocycles. The van der Waals surface area contributed by atoms with Crippen LogP contribution in [0.2, 0.25) is 0 Å². The highest BCUT2D eigenvalue weighted by molar-refractivity contribution is 7.99. The summed E-state index contributed by atoms with van der Waals surface area (Å²) in [5, 5.41) is 17.5. The number of aliphatic carboxylic acids is 1. The van der Waals surface area contributed by atoms with Crippen LogP contribution in [0.1, 0.15) is 12.7 Å². The first-order valence-electron chi connectivity index (χ1n) is 5.56. The van der Waals surface area contributed by atoms with E-state index in [1.807, 2.05) is 41.8 Å². The number of nitrogens with zero attached hydrogens (tertiary/aromatic N) is 3. The molecule has 0 amide bonds. The highest BCUT2D eigenvalue weighted by Gasteiger charge is 2.13. The van der Waals surface area contributed by atoms with E-state index in [0.717, 1.165) is 17.9 Å². The van der Waals surface area contributed by atoms with Gasteiger partial charge in [0.25, 0.3) is 0 Å². The lowest BCUT2D eigenvalue weighted by Gasteiger charge is -2.08. The number of thioether (sulfide) groups is 1. The van der Waals surface area contributed by atoms with Gasteiger partial charge in [-0.05, 0) is 12.1 Å². The summed E-state index contributed by atoms with van der Waals surface area (Å²) in [5.41, 5.74) is 0.951. The Morgan fingerprint density at radius 1 is 1.33 bits per heavy atom. The number of hydrogen-bond acceptors (Lipinski definition) is 4. The van der Waals surface area contributed by atoms with Crippen LogP contribution in [0.25, 0.3) is 5.69 Å². The zero-order valence-corrected chi connectivity index (χ0v) is 10.7. The number of carbonyl (C=O) groups is 1. The van der Waals surface area contributed by atoms with Crippen molar-refractivity contribution < 1.29 is 9.90 Å². The standard InChI is InChI=1S/C12H13N3O2S/c1-2-10-13-14-12(18-8-11(16)17)15(10)9-6-4-3-5-7-9/h3-7H,2,8H2,1H3,(H,16,17). The minimum atomic E-state index is -0.860. The molecule has 1 aromatic carbocycles. The molecule has 0 bridgehead atoms. The van der Waals surface area contributed by atoms with E-state index in [4.69, 9.17) is 5.11 Å². The van der Waals surface area contributed by atoms with Crippen molar-refractivity contribution in [1.82, 2.24) is 14.8 Å². The van der Waals surface area contributed by atoms with Crippen molar-refractivity contribution in [3.63, 3.8) is 0 Å². The molecule has 0 saturated heterocycles. The van der Waals surface area contributed by atoms with Gasteiger partial charge in [0.05, 0.1) is 5.75 Å². The van der Waals surface area contributed by atoms with Gasteiger partial charge >= 0.3 is 5.97 Å². The number of hydrogen-bond donors (Lipinski definition) is 1. The van der Waals surface area contributed by atoms with Gasteiger partial charge in [-0.2, -0.15) is 0 Å². The average molecular weight is 263 g/mol. The Morgan fingerprint density at radius 3 is 2.67 bits per heavy atom. The molecule has 0 fully saturated rings. The second kappa shape index (κ2) is 5.68. The average Bonchev–Trinajstić information content (AvgIpc) is 2.80. The summed E-state index contributed by atoms with van der Waals surface area (Å²) in [6, 6.07) is 9.70. The van der Waals surface area contributed by atoms with Crippen LogP contribution in [0.4, 0.5) is 0 Å². The predicted octanol–water partition coefficient (Wildman–Crippen LogP) is 2.01. The zero-order valence-electron chi connectivity index (χ0n) is 9.91. The number of benzene rings is 1. The Balaban J connectivity index is 2.37. The summed E-state index contributed by atoms with van der Waals surface area (Å²) < 4.78 is 1.90. The quantitative estimate of drug-likeness (QED) is 0.836. The third-order valence-electron chi connectivity index (χ3n) is 2.36. The van der Waals surface area contributed by atoms with E-state index >= 15 is 0 Å². The van der Waals surface area contributed by atoms with Gasteiger partial charge in [-0.1, -0.05) is 36.9 Å². The van der Waals surface area contributed by atoms with Crippen LogP contribution in [0.3, 0.4) is 0 Å². The van der Waals surface area contributed by atoms with Gasteiger partial charge in [0.2, 0.25) is 0 Å². The van der Waals surface area contributed by atoms with Crippen LogP contribution in [-0.4, -0.2) is 31.6 Å². The molecule has 1 aromatic heterocycles. The Bertz CT molecular complexity index is 540. The summed E-state index contributed by atoms with van der Waals surface area (Å²) in [6.07, 6.45) is 0.746. The largest absolute Gasteiger partial charge is 0.481 e. The van der Waals surface area contributed by atoms with Gasteiger partial charge in [-0.3, -0.25) is 9.36 Å². The molecule has 0 spiro atoms. The Labute approximate surface area is 109 Å². The molecule has 5 nitrogen and oxygen atoms in total. The molecule has 0 unspecified atom stereocenters. The van der Waals surface area contributed by atoms with E-state index in [0.29, 0.717) is 5.16 Å². The molecule has 0 radical (unpaired) electrons. The summed E-state index contributed by atoms with van der Waals surface area (Å²) in [4.78, 5) is 10.6. The second-order valence-electron chi connectivity index (χ2n) is 3.61. The Hall–Kier alpha value is -1.82. The first kappa shape index (κ1) is 12.6.